The molecule has 0 spiro atoms. The first-order chi connectivity index (χ1) is 10.2. The topological polar surface area (TPSA) is 79.1 Å². The zero-order valence-corrected chi connectivity index (χ0v) is 14.1. The number of rotatable bonds is 2. The number of carbonyl (C=O) groups is 1. The summed E-state index contributed by atoms with van der Waals surface area (Å²) < 4.78 is 14.4. The van der Waals surface area contributed by atoms with Crippen LogP contribution in [0.3, 0.4) is 0 Å². The van der Waals surface area contributed by atoms with E-state index >= 15 is 0 Å². The molecule has 1 atom stereocenters. The molecule has 4 N–H and O–H groups in total. The van der Waals surface area contributed by atoms with Gasteiger partial charge in [0, 0.05) is 11.1 Å². The number of hydrogen-bond donors (Lipinski definition) is 3. The zero-order valence-electron chi connectivity index (χ0n) is 12.5. The number of aromatic nitrogens is 1. The number of H-pyrrole nitrogens is 1. The number of nitrogens with one attached hydrogen (secondary N) is 1. The molecule has 4 nitrogen and oxygen atoms in total. The molecule has 0 unspecified atom stereocenters. The molecule has 0 saturated heterocycles. The van der Waals surface area contributed by atoms with E-state index in [4.69, 9.17) is 5.73 Å². The molecule has 1 aromatic carbocycles. The molecule has 0 fully saturated rings. The van der Waals surface area contributed by atoms with Crippen LogP contribution in [0.15, 0.2) is 10.5 Å². The first-order valence-corrected chi connectivity index (χ1v) is 8.03. The van der Waals surface area contributed by atoms with Gasteiger partial charge in [0.15, 0.2) is 0 Å². The number of aliphatic hydroxyl groups is 1. The van der Waals surface area contributed by atoms with Crippen LogP contribution in [0.1, 0.15) is 41.9 Å². The minimum atomic E-state index is -0.774. The summed E-state index contributed by atoms with van der Waals surface area (Å²) in [5.41, 5.74) is 7.28. The molecule has 118 valence electrons. The number of nitrogens with two attached hydrogens (primary N) is 1. The Kier molecular flexibility index (Phi) is 3.57. The molecule has 0 bridgehead atoms. The van der Waals surface area contributed by atoms with Crippen LogP contribution in [0, 0.1) is 11.7 Å². The van der Waals surface area contributed by atoms with Gasteiger partial charge in [-0.3, -0.25) is 4.79 Å². The van der Waals surface area contributed by atoms with Crippen molar-refractivity contribution < 1.29 is 14.3 Å². The molecule has 6 heteroatoms. The second-order valence-corrected chi connectivity index (χ2v) is 7.30. The minimum Gasteiger partial charge on any atom is -0.390 e. The highest BCUT2D eigenvalue weighted by atomic mass is 79.9. The Labute approximate surface area is 136 Å². The first kappa shape index (κ1) is 15.5. The van der Waals surface area contributed by atoms with Gasteiger partial charge < -0.3 is 15.8 Å². The first-order valence-electron chi connectivity index (χ1n) is 7.23. The molecule has 1 heterocycles. The second-order valence-electron chi connectivity index (χ2n) is 6.51. The maximum absolute atomic E-state index is 14.1. The van der Waals surface area contributed by atoms with Crippen molar-refractivity contribution in [3.8, 4) is 0 Å². The number of primary amides is 1. The van der Waals surface area contributed by atoms with Gasteiger partial charge in [-0.05, 0) is 66.6 Å². The molecule has 1 aliphatic carbocycles. The molecule has 0 radical (unpaired) electrons. The fourth-order valence-electron chi connectivity index (χ4n) is 3.33. The summed E-state index contributed by atoms with van der Waals surface area (Å²) in [6.07, 6.45) is 2.21. The van der Waals surface area contributed by atoms with E-state index in [1.165, 1.54) is 0 Å². The molecule has 22 heavy (non-hydrogen) atoms. The summed E-state index contributed by atoms with van der Waals surface area (Å²) in [6.45, 7) is 3.60. The third-order valence-electron chi connectivity index (χ3n) is 4.62. The van der Waals surface area contributed by atoms with Crippen LogP contribution in [0.2, 0.25) is 0 Å². The molecule has 3 rings (SSSR count). The van der Waals surface area contributed by atoms with Gasteiger partial charge in [0.25, 0.3) is 5.91 Å². The molecule has 1 amide bonds. The van der Waals surface area contributed by atoms with E-state index in [9.17, 15) is 14.3 Å². The van der Waals surface area contributed by atoms with Crippen molar-refractivity contribution in [2.45, 2.75) is 38.7 Å². The highest BCUT2D eigenvalue weighted by Crippen LogP contribution is 2.40. The lowest BCUT2D eigenvalue weighted by atomic mass is 9.78. The smallest absolute Gasteiger partial charge is 0.250 e. The highest BCUT2D eigenvalue weighted by molar-refractivity contribution is 9.10. The van der Waals surface area contributed by atoms with Crippen LogP contribution in [0.5, 0.6) is 0 Å². The second kappa shape index (κ2) is 5.06. The SMILES string of the molecule is CC(C)(O)[C@@H]1CCc2c([nH]c3c(C(N)=O)cc(F)c(Br)c23)C1. The van der Waals surface area contributed by atoms with Crippen molar-refractivity contribution in [2.24, 2.45) is 11.7 Å². The number of halogens is 2. The van der Waals surface area contributed by atoms with Crippen molar-refractivity contribution in [1.29, 1.82) is 0 Å². The van der Waals surface area contributed by atoms with Crippen LogP contribution in [0.25, 0.3) is 10.9 Å². The number of aryl methyl sites for hydroxylation is 1. The van der Waals surface area contributed by atoms with E-state index in [1.54, 1.807) is 13.8 Å². The Hall–Kier alpha value is -1.40. The molecule has 1 aliphatic rings. The van der Waals surface area contributed by atoms with Gasteiger partial charge in [-0.2, -0.15) is 0 Å². The van der Waals surface area contributed by atoms with E-state index in [2.05, 4.69) is 20.9 Å². The van der Waals surface area contributed by atoms with Crippen molar-refractivity contribution in [3.63, 3.8) is 0 Å². The molecular weight excluding hydrogens is 351 g/mol. The number of hydrogen-bond acceptors (Lipinski definition) is 2. The summed E-state index contributed by atoms with van der Waals surface area (Å²) in [6, 6.07) is 1.16. The molecule has 2 aromatic rings. The number of carbonyl (C=O) groups excluding carboxylic acids is 1. The highest BCUT2D eigenvalue weighted by Gasteiger charge is 2.33. The van der Waals surface area contributed by atoms with Crippen molar-refractivity contribution in [1.82, 2.24) is 4.98 Å². The lowest BCUT2D eigenvalue weighted by Crippen LogP contribution is -2.34. The van der Waals surface area contributed by atoms with Gasteiger partial charge in [-0.1, -0.05) is 0 Å². The van der Waals surface area contributed by atoms with Crippen LogP contribution < -0.4 is 5.73 Å². The summed E-state index contributed by atoms with van der Waals surface area (Å²) in [5.74, 6) is -1.03. The zero-order chi connectivity index (χ0) is 16.2. The maximum Gasteiger partial charge on any atom is 0.250 e. The normalized spacial score (nSPS) is 18.5. The average Bonchev–Trinajstić information content (AvgIpc) is 2.79. The standard InChI is InChI=1S/C16H18BrFN2O2/c1-16(2,22)7-3-4-8-11(5-7)20-14-9(15(19)21)6-10(18)13(17)12(8)14/h6-7,20,22H,3-5H2,1-2H3,(H2,19,21)/t7-/m1/s1. The fourth-order valence-corrected chi connectivity index (χ4v) is 3.88. The molecule has 0 aliphatic heterocycles. The average molecular weight is 369 g/mol. The largest absolute Gasteiger partial charge is 0.390 e. The molecule has 0 saturated carbocycles. The number of amides is 1. The number of aromatic amines is 1. The Morgan fingerprint density at radius 2 is 2.23 bits per heavy atom. The lowest BCUT2D eigenvalue weighted by molar-refractivity contribution is 0.0107. The van der Waals surface area contributed by atoms with E-state index in [1.807, 2.05) is 0 Å². The van der Waals surface area contributed by atoms with E-state index in [-0.39, 0.29) is 11.5 Å². The minimum absolute atomic E-state index is 0.119. The van der Waals surface area contributed by atoms with Crippen molar-refractivity contribution >= 4 is 32.7 Å². The quantitative estimate of drug-likeness (QED) is 0.761. The van der Waals surface area contributed by atoms with Crippen LogP contribution in [-0.2, 0) is 12.8 Å². The number of benzene rings is 1. The third-order valence-corrected chi connectivity index (χ3v) is 5.39. The van der Waals surface area contributed by atoms with Gasteiger partial charge in [0.2, 0.25) is 0 Å². The van der Waals surface area contributed by atoms with E-state index in [0.29, 0.717) is 21.8 Å². The Balaban J connectivity index is 2.22. The van der Waals surface area contributed by atoms with E-state index in [0.717, 1.165) is 30.2 Å². The lowest BCUT2D eigenvalue weighted by Gasteiger charge is -2.32. The van der Waals surface area contributed by atoms with Gasteiger partial charge in [-0.25, -0.2) is 4.39 Å². The van der Waals surface area contributed by atoms with Crippen LogP contribution >= 0.6 is 15.9 Å². The Bertz CT molecular complexity index is 777. The van der Waals surface area contributed by atoms with Gasteiger partial charge in [0.1, 0.15) is 5.82 Å². The van der Waals surface area contributed by atoms with Gasteiger partial charge in [0.05, 0.1) is 21.2 Å². The predicted octanol–water partition coefficient (Wildman–Crippen LogP) is 3.04. The van der Waals surface area contributed by atoms with Gasteiger partial charge in [-0.15, -0.1) is 0 Å². The van der Waals surface area contributed by atoms with Gasteiger partial charge >= 0.3 is 0 Å². The monoisotopic (exact) mass is 368 g/mol. The summed E-state index contributed by atoms with van der Waals surface area (Å²) in [5, 5.41) is 10.9. The predicted molar refractivity (Wildman–Crippen MR) is 86.3 cm³/mol. The fraction of sp³-hybridized carbons (Fsp3) is 0.438. The Morgan fingerprint density at radius 3 is 2.82 bits per heavy atom. The van der Waals surface area contributed by atoms with Crippen molar-refractivity contribution in [2.75, 3.05) is 0 Å². The number of fused-ring (bicyclic) bond motifs is 3. The summed E-state index contributed by atoms with van der Waals surface area (Å²) >= 11 is 3.28. The van der Waals surface area contributed by atoms with E-state index < -0.39 is 17.3 Å². The maximum atomic E-state index is 14.1. The summed E-state index contributed by atoms with van der Waals surface area (Å²) in [4.78, 5) is 14.8. The van der Waals surface area contributed by atoms with Crippen molar-refractivity contribution in [3.05, 3.63) is 33.2 Å². The molecule has 1 aromatic heterocycles. The Morgan fingerprint density at radius 1 is 1.55 bits per heavy atom. The third kappa shape index (κ3) is 2.34. The molecular formula is C16H18BrFN2O2. The van der Waals surface area contributed by atoms with Crippen LogP contribution in [0.4, 0.5) is 4.39 Å². The van der Waals surface area contributed by atoms with Crippen LogP contribution in [-0.4, -0.2) is 21.6 Å². The summed E-state index contributed by atoms with van der Waals surface area (Å²) in [7, 11) is 0.